The summed E-state index contributed by atoms with van der Waals surface area (Å²) < 4.78 is 13.5. The number of nitrogens with one attached hydrogen (secondary N) is 1. The molecule has 0 spiro atoms. The SMILES string of the molecule is C=C(/C=C(/c1cccc(-c2ccc(F)cc2)c1)N(N)Cc1ccc(C(=O)NCCC(=O)O)cc1)c1cc(Cl)cc(Cl)c1. The Kier molecular flexibility index (Phi) is 10.1. The van der Waals surface area contributed by atoms with E-state index in [2.05, 4.69) is 11.9 Å². The molecule has 4 aromatic carbocycles. The first-order valence-electron chi connectivity index (χ1n) is 12.9. The number of amides is 1. The van der Waals surface area contributed by atoms with Crippen LogP contribution in [0.3, 0.4) is 0 Å². The quantitative estimate of drug-likeness (QED) is 0.0940. The third-order valence-corrected chi connectivity index (χ3v) is 6.82. The fraction of sp³-hybridized carbons (Fsp3) is 0.0909. The standard InChI is InChI=1S/C33H28Cl2FN3O3/c1-21(27-17-28(34)19-29(35)18-27)15-31(26-4-2-3-25(16-26)23-9-11-30(36)12-10-23)39(37)20-22-5-7-24(8-6-22)33(42)38-14-13-32(40)41/h2-12,15-19H,1,13-14,20,37H2,(H,38,42)(H,40,41)/b31-15-. The Labute approximate surface area is 253 Å². The van der Waals surface area contributed by atoms with E-state index in [-0.39, 0.29) is 31.2 Å². The number of aliphatic carboxylic acids is 1. The van der Waals surface area contributed by atoms with Crippen LogP contribution in [0.4, 0.5) is 4.39 Å². The summed E-state index contributed by atoms with van der Waals surface area (Å²) >= 11 is 12.5. The normalized spacial score (nSPS) is 11.2. The zero-order chi connectivity index (χ0) is 30.2. The van der Waals surface area contributed by atoms with Gasteiger partial charge in [0, 0.05) is 22.2 Å². The van der Waals surface area contributed by atoms with Crippen LogP contribution in [0.1, 0.15) is 33.5 Å². The molecule has 0 aromatic heterocycles. The molecule has 0 aliphatic heterocycles. The van der Waals surface area contributed by atoms with Gasteiger partial charge in [-0.15, -0.1) is 0 Å². The van der Waals surface area contributed by atoms with Crippen LogP contribution in [0.25, 0.3) is 22.4 Å². The smallest absolute Gasteiger partial charge is 0.305 e. The molecule has 4 aromatic rings. The van der Waals surface area contributed by atoms with Crippen LogP contribution in [0, 0.1) is 5.82 Å². The maximum Gasteiger partial charge on any atom is 0.305 e. The van der Waals surface area contributed by atoms with Gasteiger partial charge in [-0.25, -0.2) is 10.2 Å². The van der Waals surface area contributed by atoms with Crippen molar-refractivity contribution in [2.45, 2.75) is 13.0 Å². The lowest BCUT2D eigenvalue weighted by Gasteiger charge is -2.24. The molecule has 0 unspecified atom stereocenters. The largest absolute Gasteiger partial charge is 0.481 e. The maximum atomic E-state index is 13.5. The predicted molar refractivity (Wildman–Crippen MR) is 166 cm³/mol. The predicted octanol–water partition coefficient (Wildman–Crippen LogP) is 7.43. The lowest BCUT2D eigenvalue weighted by molar-refractivity contribution is -0.136. The summed E-state index contributed by atoms with van der Waals surface area (Å²) in [5.41, 5.74) is 5.76. The summed E-state index contributed by atoms with van der Waals surface area (Å²) in [5.74, 6) is 5.00. The molecule has 0 heterocycles. The second kappa shape index (κ2) is 14.0. The highest BCUT2D eigenvalue weighted by atomic mass is 35.5. The van der Waals surface area contributed by atoms with Gasteiger partial charge in [-0.05, 0) is 88.0 Å². The molecule has 0 aliphatic rings. The van der Waals surface area contributed by atoms with Gasteiger partial charge in [-0.2, -0.15) is 0 Å². The Morgan fingerprint density at radius 2 is 1.55 bits per heavy atom. The van der Waals surface area contributed by atoms with Gasteiger partial charge < -0.3 is 15.4 Å². The molecule has 214 valence electrons. The van der Waals surface area contributed by atoms with Gasteiger partial charge in [-0.3, -0.25) is 9.59 Å². The molecular weight excluding hydrogens is 576 g/mol. The van der Waals surface area contributed by atoms with Crippen molar-refractivity contribution in [1.29, 1.82) is 0 Å². The highest BCUT2D eigenvalue weighted by molar-refractivity contribution is 6.34. The van der Waals surface area contributed by atoms with Gasteiger partial charge in [0.25, 0.3) is 5.91 Å². The van der Waals surface area contributed by atoms with E-state index in [1.807, 2.05) is 30.3 Å². The number of allylic oxidation sites excluding steroid dienone is 2. The van der Waals surface area contributed by atoms with E-state index >= 15 is 0 Å². The van der Waals surface area contributed by atoms with E-state index in [4.69, 9.17) is 34.2 Å². The average Bonchev–Trinajstić information content (AvgIpc) is 2.95. The van der Waals surface area contributed by atoms with Gasteiger partial charge in [0.15, 0.2) is 0 Å². The molecule has 0 aliphatic carbocycles. The van der Waals surface area contributed by atoms with Crippen molar-refractivity contribution < 1.29 is 19.1 Å². The van der Waals surface area contributed by atoms with E-state index < -0.39 is 5.97 Å². The second-order valence-electron chi connectivity index (χ2n) is 9.53. The van der Waals surface area contributed by atoms with Crippen molar-refractivity contribution in [3.05, 3.63) is 142 Å². The third-order valence-electron chi connectivity index (χ3n) is 6.38. The molecule has 0 saturated carbocycles. The fourth-order valence-electron chi connectivity index (χ4n) is 4.25. The number of hydrogen-bond acceptors (Lipinski definition) is 4. The van der Waals surface area contributed by atoms with E-state index in [1.165, 1.54) is 12.1 Å². The number of benzene rings is 4. The number of carbonyl (C=O) groups is 2. The minimum atomic E-state index is -0.984. The Hall–Kier alpha value is -4.43. The summed E-state index contributed by atoms with van der Waals surface area (Å²) in [7, 11) is 0. The number of nitrogens with two attached hydrogens (primary N) is 1. The van der Waals surface area contributed by atoms with E-state index in [0.29, 0.717) is 26.9 Å². The first kappa shape index (κ1) is 30.5. The van der Waals surface area contributed by atoms with Crippen LogP contribution < -0.4 is 11.2 Å². The van der Waals surface area contributed by atoms with Crippen LogP contribution in [-0.4, -0.2) is 28.5 Å². The second-order valence-corrected chi connectivity index (χ2v) is 10.4. The Balaban J connectivity index is 1.63. The van der Waals surface area contributed by atoms with Crippen LogP contribution in [0.5, 0.6) is 0 Å². The maximum absolute atomic E-state index is 13.5. The molecule has 0 fully saturated rings. The van der Waals surface area contributed by atoms with Crippen molar-refractivity contribution in [1.82, 2.24) is 10.3 Å². The van der Waals surface area contributed by atoms with Crippen LogP contribution in [0.2, 0.25) is 10.0 Å². The minimum absolute atomic E-state index is 0.0410. The molecule has 4 N–H and O–H groups in total. The van der Waals surface area contributed by atoms with Gasteiger partial charge in [-0.1, -0.05) is 72.2 Å². The summed E-state index contributed by atoms with van der Waals surface area (Å²) in [6.07, 6.45) is 1.69. The van der Waals surface area contributed by atoms with Gasteiger partial charge >= 0.3 is 5.97 Å². The molecule has 4 rings (SSSR count). The third kappa shape index (κ3) is 8.30. The van der Waals surface area contributed by atoms with E-state index in [1.54, 1.807) is 59.6 Å². The van der Waals surface area contributed by atoms with E-state index in [0.717, 1.165) is 27.8 Å². The Bertz CT molecular complexity index is 1620. The molecular formula is C33H28Cl2FN3O3. The monoisotopic (exact) mass is 603 g/mol. The molecule has 1 amide bonds. The van der Waals surface area contributed by atoms with Crippen molar-refractivity contribution in [3.8, 4) is 11.1 Å². The number of carboxylic acid groups (broad SMARTS) is 1. The lowest BCUT2D eigenvalue weighted by Crippen LogP contribution is -2.29. The van der Waals surface area contributed by atoms with Crippen molar-refractivity contribution in [3.63, 3.8) is 0 Å². The fourth-order valence-corrected chi connectivity index (χ4v) is 4.77. The molecule has 9 heteroatoms. The Morgan fingerprint density at radius 3 is 2.19 bits per heavy atom. The number of carbonyl (C=O) groups excluding carboxylic acids is 1. The summed E-state index contributed by atoms with van der Waals surface area (Å²) in [5, 5.41) is 13.9. The van der Waals surface area contributed by atoms with Crippen molar-refractivity contribution in [2.75, 3.05) is 6.54 Å². The van der Waals surface area contributed by atoms with Gasteiger partial charge in [0.2, 0.25) is 0 Å². The summed E-state index contributed by atoms with van der Waals surface area (Å²) in [4.78, 5) is 23.0. The van der Waals surface area contributed by atoms with Crippen molar-refractivity contribution >= 4 is 46.3 Å². The zero-order valence-electron chi connectivity index (χ0n) is 22.5. The number of hydrazine groups is 1. The first-order chi connectivity index (χ1) is 20.1. The number of halogens is 3. The number of hydrogen-bond donors (Lipinski definition) is 3. The summed E-state index contributed by atoms with van der Waals surface area (Å²) in [6.45, 7) is 4.55. The lowest BCUT2D eigenvalue weighted by atomic mass is 9.99. The average molecular weight is 605 g/mol. The zero-order valence-corrected chi connectivity index (χ0v) is 24.0. The van der Waals surface area contributed by atoms with Crippen LogP contribution in [-0.2, 0) is 11.3 Å². The topological polar surface area (TPSA) is 95.7 Å². The van der Waals surface area contributed by atoms with E-state index in [9.17, 15) is 14.0 Å². The Morgan fingerprint density at radius 1 is 0.881 bits per heavy atom. The number of rotatable bonds is 11. The molecule has 42 heavy (non-hydrogen) atoms. The molecule has 0 bridgehead atoms. The molecule has 6 nitrogen and oxygen atoms in total. The first-order valence-corrected chi connectivity index (χ1v) is 13.7. The minimum Gasteiger partial charge on any atom is -0.481 e. The van der Waals surface area contributed by atoms with Gasteiger partial charge in [0.1, 0.15) is 5.82 Å². The number of nitrogens with zero attached hydrogens (tertiary/aromatic N) is 1. The molecule has 0 atom stereocenters. The highest BCUT2D eigenvalue weighted by Gasteiger charge is 2.14. The summed E-state index contributed by atoms with van der Waals surface area (Å²) in [6, 6.07) is 26.0. The molecule has 0 radical (unpaired) electrons. The van der Waals surface area contributed by atoms with Gasteiger partial charge in [0.05, 0.1) is 18.7 Å². The van der Waals surface area contributed by atoms with Crippen LogP contribution >= 0.6 is 23.2 Å². The van der Waals surface area contributed by atoms with Crippen molar-refractivity contribution in [2.24, 2.45) is 5.84 Å². The number of carboxylic acids is 1. The highest BCUT2D eigenvalue weighted by Crippen LogP contribution is 2.30. The van der Waals surface area contributed by atoms with Crippen LogP contribution in [0.15, 0.2) is 104 Å². The molecule has 0 saturated heterocycles.